The predicted octanol–water partition coefficient (Wildman–Crippen LogP) is 3.11. The highest BCUT2D eigenvalue weighted by atomic mass is 19.1. The second kappa shape index (κ2) is 6.74. The summed E-state index contributed by atoms with van der Waals surface area (Å²) in [5.74, 6) is -1.66. The third-order valence-corrected chi connectivity index (χ3v) is 3.17. The SMILES string of the molecule is COc1ccc(F)c(NCC(C(=O)O)c2ccccc2)c1. The fraction of sp³-hybridized carbons (Fsp3) is 0.188. The van der Waals surface area contributed by atoms with Gasteiger partial charge in [0, 0.05) is 12.6 Å². The third kappa shape index (κ3) is 3.72. The van der Waals surface area contributed by atoms with Gasteiger partial charge in [-0.1, -0.05) is 30.3 Å². The molecule has 0 aromatic heterocycles. The van der Waals surface area contributed by atoms with Crippen LogP contribution in [0.25, 0.3) is 0 Å². The Balaban J connectivity index is 2.14. The van der Waals surface area contributed by atoms with Gasteiger partial charge in [0.15, 0.2) is 0 Å². The predicted molar refractivity (Wildman–Crippen MR) is 78.3 cm³/mol. The van der Waals surface area contributed by atoms with E-state index >= 15 is 0 Å². The third-order valence-electron chi connectivity index (χ3n) is 3.17. The number of hydrogen-bond donors (Lipinski definition) is 2. The molecule has 0 spiro atoms. The number of aliphatic carboxylic acids is 1. The Morgan fingerprint density at radius 2 is 2.00 bits per heavy atom. The van der Waals surface area contributed by atoms with Crippen molar-refractivity contribution in [2.24, 2.45) is 0 Å². The maximum atomic E-state index is 13.7. The molecular weight excluding hydrogens is 273 g/mol. The summed E-state index contributed by atoms with van der Waals surface area (Å²) in [4.78, 5) is 11.4. The average molecular weight is 289 g/mol. The fourth-order valence-electron chi connectivity index (χ4n) is 2.01. The van der Waals surface area contributed by atoms with E-state index in [0.29, 0.717) is 11.3 Å². The first-order valence-electron chi connectivity index (χ1n) is 6.47. The highest BCUT2D eigenvalue weighted by Gasteiger charge is 2.19. The van der Waals surface area contributed by atoms with Crippen LogP contribution in [0.5, 0.6) is 5.75 Å². The molecule has 110 valence electrons. The van der Waals surface area contributed by atoms with Crippen LogP contribution in [0.3, 0.4) is 0 Å². The lowest BCUT2D eigenvalue weighted by Crippen LogP contribution is -2.21. The minimum absolute atomic E-state index is 0.0867. The maximum Gasteiger partial charge on any atom is 0.312 e. The summed E-state index contributed by atoms with van der Waals surface area (Å²) in [6.07, 6.45) is 0. The van der Waals surface area contributed by atoms with Gasteiger partial charge in [0.2, 0.25) is 0 Å². The van der Waals surface area contributed by atoms with Crippen LogP contribution in [-0.4, -0.2) is 24.7 Å². The Morgan fingerprint density at radius 3 is 2.62 bits per heavy atom. The molecule has 2 aromatic rings. The van der Waals surface area contributed by atoms with Crippen LogP contribution in [0.1, 0.15) is 11.5 Å². The number of carboxylic acid groups (broad SMARTS) is 1. The monoisotopic (exact) mass is 289 g/mol. The first-order chi connectivity index (χ1) is 10.1. The number of carboxylic acids is 1. The number of nitrogens with one attached hydrogen (secondary N) is 1. The Hall–Kier alpha value is -2.56. The molecule has 0 saturated heterocycles. The molecule has 0 amide bonds. The van der Waals surface area contributed by atoms with E-state index in [0.717, 1.165) is 0 Å². The standard InChI is InChI=1S/C16H16FNO3/c1-21-12-7-8-14(17)15(9-12)18-10-13(16(19)20)11-5-3-2-4-6-11/h2-9,13,18H,10H2,1H3,(H,19,20). The quantitative estimate of drug-likeness (QED) is 0.858. The molecule has 1 atom stereocenters. The van der Waals surface area contributed by atoms with Crippen molar-refractivity contribution in [1.82, 2.24) is 0 Å². The lowest BCUT2D eigenvalue weighted by molar-refractivity contribution is -0.138. The molecule has 2 rings (SSSR count). The van der Waals surface area contributed by atoms with Crippen molar-refractivity contribution in [1.29, 1.82) is 0 Å². The van der Waals surface area contributed by atoms with E-state index in [2.05, 4.69) is 5.32 Å². The van der Waals surface area contributed by atoms with Crippen LogP contribution >= 0.6 is 0 Å². The van der Waals surface area contributed by atoms with Crippen LogP contribution in [0.15, 0.2) is 48.5 Å². The number of rotatable bonds is 6. The summed E-state index contributed by atoms with van der Waals surface area (Å²) in [6.45, 7) is 0.0867. The van der Waals surface area contributed by atoms with Crippen molar-refractivity contribution >= 4 is 11.7 Å². The molecule has 5 heteroatoms. The summed E-state index contributed by atoms with van der Waals surface area (Å²) in [5, 5.41) is 12.1. The highest BCUT2D eigenvalue weighted by Crippen LogP contribution is 2.23. The summed E-state index contributed by atoms with van der Waals surface area (Å²) < 4.78 is 18.7. The molecule has 1 unspecified atom stereocenters. The molecule has 21 heavy (non-hydrogen) atoms. The van der Waals surface area contributed by atoms with Gasteiger partial charge in [0.25, 0.3) is 0 Å². The zero-order valence-electron chi connectivity index (χ0n) is 11.5. The summed E-state index contributed by atoms with van der Waals surface area (Å²) in [7, 11) is 1.49. The van der Waals surface area contributed by atoms with Gasteiger partial charge >= 0.3 is 5.97 Å². The Kier molecular flexibility index (Phi) is 4.77. The number of methoxy groups -OCH3 is 1. The van der Waals surface area contributed by atoms with Crippen molar-refractivity contribution < 1.29 is 19.0 Å². The zero-order chi connectivity index (χ0) is 15.2. The second-order valence-corrected chi connectivity index (χ2v) is 4.53. The number of halogens is 1. The van der Waals surface area contributed by atoms with E-state index in [9.17, 15) is 14.3 Å². The van der Waals surface area contributed by atoms with E-state index in [1.807, 2.05) is 6.07 Å². The topological polar surface area (TPSA) is 58.6 Å². The molecule has 0 fully saturated rings. The molecule has 4 nitrogen and oxygen atoms in total. The fourth-order valence-corrected chi connectivity index (χ4v) is 2.01. The largest absolute Gasteiger partial charge is 0.497 e. The lowest BCUT2D eigenvalue weighted by Gasteiger charge is -2.15. The maximum absolute atomic E-state index is 13.7. The molecule has 0 bridgehead atoms. The molecule has 2 N–H and O–H groups in total. The first-order valence-corrected chi connectivity index (χ1v) is 6.47. The van der Waals surface area contributed by atoms with Crippen molar-refractivity contribution in [2.45, 2.75) is 5.92 Å². The van der Waals surface area contributed by atoms with Crippen molar-refractivity contribution in [3.8, 4) is 5.75 Å². The van der Waals surface area contributed by atoms with E-state index < -0.39 is 17.7 Å². The van der Waals surface area contributed by atoms with Gasteiger partial charge in [-0.15, -0.1) is 0 Å². The van der Waals surface area contributed by atoms with Crippen LogP contribution in [-0.2, 0) is 4.79 Å². The van der Waals surface area contributed by atoms with Gasteiger partial charge in [0.1, 0.15) is 11.6 Å². The molecule has 0 heterocycles. The zero-order valence-corrected chi connectivity index (χ0v) is 11.5. The highest BCUT2D eigenvalue weighted by molar-refractivity contribution is 5.77. The summed E-state index contributed by atoms with van der Waals surface area (Å²) >= 11 is 0. The normalized spacial score (nSPS) is 11.7. The molecule has 0 aliphatic heterocycles. The first kappa shape index (κ1) is 14.8. The number of benzene rings is 2. The van der Waals surface area contributed by atoms with E-state index in [1.165, 1.54) is 25.3 Å². The van der Waals surface area contributed by atoms with Crippen molar-refractivity contribution in [3.05, 3.63) is 59.9 Å². The Labute approximate surface area is 122 Å². The number of hydrogen-bond acceptors (Lipinski definition) is 3. The van der Waals surface area contributed by atoms with Crippen LogP contribution in [0.2, 0.25) is 0 Å². The molecule has 0 aliphatic carbocycles. The Morgan fingerprint density at radius 1 is 1.29 bits per heavy atom. The number of anilines is 1. The molecule has 0 radical (unpaired) electrons. The van der Waals surface area contributed by atoms with Gasteiger partial charge in [-0.3, -0.25) is 4.79 Å². The van der Waals surface area contributed by atoms with Crippen molar-refractivity contribution in [2.75, 3.05) is 19.0 Å². The summed E-state index contributed by atoms with van der Waals surface area (Å²) in [5.41, 5.74) is 0.886. The lowest BCUT2D eigenvalue weighted by atomic mass is 9.99. The smallest absolute Gasteiger partial charge is 0.312 e. The van der Waals surface area contributed by atoms with Gasteiger partial charge in [-0.25, -0.2) is 4.39 Å². The molecule has 0 aliphatic rings. The molecule has 0 saturated carbocycles. The van der Waals surface area contributed by atoms with Crippen LogP contribution in [0, 0.1) is 5.82 Å². The number of carbonyl (C=O) groups is 1. The van der Waals surface area contributed by atoms with Crippen LogP contribution in [0.4, 0.5) is 10.1 Å². The molecular formula is C16H16FNO3. The van der Waals surface area contributed by atoms with Gasteiger partial charge < -0.3 is 15.2 Å². The minimum atomic E-state index is -0.961. The summed E-state index contributed by atoms with van der Waals surface area (Å²) in [6, 6.07) is 13.1. The van der Waals surface area contributed by atoms with Crippen molar-refractivity contribution in [3.63, 3.8) is 0 Å². The molecule has 2 aromatic carbocycles. The van der Waals surface area contributed by atoms with E-state index in [1.54, 1.807) is 24.3 Å². The van der Waals surface area contributed by atoms with E-state index in [-0.39, 0.29) is 12.2 Å². The van der Waals surface area contributed by atoms with Crippen LogP contribution < -0.4 is 10.1 Å². The average Bonchev–Trinajstić information content (AvgIpc) is 2.50. The van der Waals surface area contributed by atoms with Gasteiger partial charge in [-0.05, 0) is 17.7 Å². The van der Waals surface area contributed by atoms with E-state index in [4.69, 9.17) is 4.74 Å². The van der Waals surface area contributed by atoms with Gasteiger partial charge in [-0.2, -0.15) is 0 Å². The van der Waals surface area contributed by atoms with Gasteiger partial charge in [0.05, 0.1) is 18.7 Å². The second-order valence-electron chi connectivity index (χ2n) is 4.53. The Bertz CT molecular complexity index is 616. The minimum Gasteiger partial charge on any atom is -0.497 e. The number of ether oxygens (including phenoxy) is 1.